The van der Waals surface area contributed by atoms with Gasteiger partial charge in [-0.1, -0.05) is 6.07 Å². The minimum Gasteiger partial charge on any atom is -0.323 e. The number of rotatable bonds is 1. The van der Waals surface area contributed by atoms with Gasteiger partial charge in [0, 0.05) is 22.8 Å². The van der Waals surface area contributed by atoms with Gasteiger partial charge in [0.05, 0.1) is 0 Å². The van der Waals surface area contributed by atoms with E-state index >= 15 is 0 Å². The van der Waals surface area contributed by atoms with Crippen molar-refractivity contribution < 1.29 is 0 Å². The summed E-state index contributed by atoms with van der Waals surface area (Å²) in [7, 11) is 0. The van der Waals surface area contributed by atoms with Gasteiger partial charge >= 0.3 is 0 Å². The highest BCUT2D eigenvalue weighted by Crippen LogP contribution is 2.18. The zero-order valence-corrected chi connectivity index (χ0v) is 7.14. The van der Waals surface area contributed by atoms with Crippen molar-refractivity contribution in [1.82, 2.24) is 4.40 Å². The van der Waals surface area contributed by atoms with E-state index in [0.29, 0.717) is 0 Å². The lowest BCUT2D eigenvalue weighted by Crippen LogP contribution is -1.75. The van der Waals surface area contributed by atoms with Gasteiger partial charge in [0.25, 0.3) is 0 Å². The Morgan fingerprint density at radius 3 is 3.00 bits per heavy atom. The molecule has 2 heterocycles. The molecule has 11 heavy (non-hydrogen) atoms. The van der Waals surface area contributed by atoms with E-state index in [1.807, 2.05) is 6.07 Å². The van der Waals surface area contributed by atoms with Crippen LogP contribution in [0.4, 0.5) is 0 Å². The average molecular weight is 163 g/mol. The summed E-state index contributed by atoms with van der Waals surface area (Å²) in [4.78, 5) is 1.32. The molecule has 0 amide bonds. The van der Waals surface area contributed by atoms with Gasteiger partial charge in [-0.25, -0.2) is 0 Å². The van der Waals surface area contributed by atoms with Crippen LogP contribution in [-0.2, 0) is 0 Å². The van der Waals surface area contributed by atoms with Crippen molar-refractivity contribution in [1.29, 1.82) is 0 Å². The number of hydrogen-bond donors (Lipinski definition) is 0. The lowest BCUT2D eigenvalue weighted by atomic mass is 10.4. The topological polar surface area (TPSA) is 4.41 Å². The first-order valence-corrected chi connectivity index (χ1v) is 4.73. The van der Waals surface area contributed by atoms with Crippen LogP contribution >= 0.6 is 11.8 Å². The molecule has 56 valence electrons. The van der Waals surface area contributed by atoms with Gasteiger partial charge in [-0.3, -0.25) is 0 Å². The highest BCUT2D eigenvalue weighted by Gasteiger charge is 1.94. The molecule has 0 unspecified atom stereocenters. The second-order valence-corrected chi connectivity index (χ2v) is 3.29. The van der Waals surface area contributed by atoms with Gasteiger partial charge in [-0.15, -0.1) is 11.8 Å². The molecule has 0 saturated heterocycles. The molecule has 2 heteroatoms. The first kappa shape index (κ1) is 6.80. The molecule has 0 spiro atoms. The number of pyridine rings is 1. The quantitative estimate of drug-likeness (QED) is 0.585. The summed E-state index contributed by atoms with van der Waals surface area (Å²) < 4.78 is 2.13. The molecular formula is C9H9NS. The number of fused-ring (bicyclic) bond motifs is 1. The lowest BCUT2D eigenvalue weighted by molar-refractivity contribution is 1.18. The third-order valence-electron chi connectivity index (χ3n) is 1.72. The third-order valence-corrected chi connectivity index (χ3v) is 2.41. The molecular weight excluding hydrogens is 154 g/mol. The van der Waals surface area contributed by atoms with E-state index in [2.05, 4.69) is 41.2 Å². The summed E-state index contributed by atoms with van der Waals surface area (Å²) in [5.41, 5.74) is 1.26. The minimum atomic E-state index is 1.26. The fourth-order valence-corrected chi connectivity index (χ4v) is 1.60. The van der Waals surface area contributed by atoms with Gasteiger partial charge in [0.15, 0.2) is 0 Å². The number of hydrogen-bond acceptors (Lipinski definition) is 1. The lowest BCUT2D eigenvalue weighted by Gasteiger charge is -1.88. The van der Waals surface area contributed by atoms with Crippen molar-refractivity contribution >= 4 is 17.3 Å². The van der Waals surface area contributed by atoms with Crippen LogP contribution in [-0.4, -0.2) is 10.7 Å². The van der Waals surface area contributed by atoms with E-state index in [4.69, 9.17) is 0 Å². The van der Waals surface area contributed by atoms with Crippen LogP contribution in [0.2, 0.25) is 0 Å². The summed E-state index contributed by atoms with van der Waals surface area (Å²) in [5, 5.41) is 0. The SMILES string of the molecule is CSc1cc2ccccn2c1. The molecule has 0 saturated carbocycles. The molecule has 0 N–H and O–H groups in total. The fourth-order valence-electron chi connectivity index (χ4n) is 1.14. The Balaban J connectivity index is 2.69. The Morgan fingerprint density at radius 1 is 1.36 bits per heavy atom. The van der Waals surface area contributed by atoms with Gasteiger partial charge < -0.3 is 4.40 Å². The van der Waals surface area contributed by atoms with Crippen molar-refractivity contribution in [2.45, 2.75) is 4.90 Å². The maximum Gasteiger partial charge on any atom is 0.0461 e. The molecule has 0 fully saturated rings. The molecule has 0 aromatic carbocycles. The second-order valence-electron chi connectivity index (χ2n) is 2.41. The first-order valence-electron chi connectivity index (χ1n) is 3.51. The predicted octanol–water partition coefficient (Wildman–Crippen LogP) is 2.66. The van der Waals surface area contributed by atoms with Crippen molar-refractivity contribution in [3.63, 3.8) is 0 Å². The zero-order chi connectivity index (χ0) is 7.68. The van der Waals surface area contributed by atoms with Gasteiger partial charge in [-0.2, -0.15) is 0 Å². The average Bonchev–Trinajstić information content (AvgIpc) is 2.46. The number of nitrogens with zero attached hydrogens (tertiary/aromatic N) is 1. The normalized spacial score (nSPS) is 10.6. The van der Waals surface area contributed by atoms with Crippen LogP contribution in [0.3, 0.4) is 0 Å². The molecule has 0 atom stereocenters. The monoisotopic (exact) mass is 163 g/mol. The van der Waals surface area contributed by atoms with Gasteiger partial charge in [-0.05, 0) is 24.5 Å². The van der Waals surface area contributed by atoms with Crippen LogP contribution in [0, 0.1) is 0 Å². The van der Waals surface area contributed by atoms with E-state index in [1.165, 1.54) is 10.4 Å². The van der Waals surface area contributed by atoms with E-state index in [-0.39, 0.29) is 0 Å². The molecule has 2 rings (SSSR count). The number of aromatic nitrogens is 1. The smallest absolute Gasteiger partial charge is 0.0461 e. The molecule has 2 aromatic rings. The Morgan fingerprint density at radius 2 is 2.27 bits per heavy atom. The Labute approximate surface area is 70.0 Å². The van der Waals surface area contributed by atoms with Crippen molar-refractivity contribution in [2.75, 3.05) is 6.26 Å². The molecule has 0 bridgehead atoms. The molecule has 2 aromatic heterocycles. The van der Waals surface area contributed by atoms with Crippen LogP contribution in [0.5, 0.6) is 0 Å². The molecule has 1 nitrogen and oxygen atoms in total. The summed E-state index contributed by atoms with van der Waals surface area (Å²) in [6.07, 6.45) is 6.30. The van der Waals surface area contributed by atoms with Crippen LogP contribution in [0.1, 0.15) is 0 Å². The summed E-state index contributed by atoms with van der Waals surface area (Å²) in [6.45, 7) is 0. The molecule has 0 aliphatic rings. The van der Waals surface area contributed by atoms with Crippen molar-refractivity contribution in [2.24, 2.45) is 0 Å². The largest absolute Gasteiger partial charge is 0.323 e. The fraction of sp³-hybridized carbons (Fsp3) is 0.111. The van der Waals surface area contributed by atoms with Crippen molar-refractivity contribution in [3.8, 4) is 0 Å². The molecule has 0 aliphatic heterocycles. The first-order chi connectivity index (χ1) is 5.40. The highest BCUT2D eigenvalue weighted by atomic mass is 32.2. The van der Waals surface area contributed by atoms with E-state index in [9.17, 15) is 0 Å². The van der Waals surface area contributed by atoms with E-state index in [0.717, 1.165) is 0 Å². The Hall–Kier alpha value is -0.890. The molecule has 0 aliphatic carbocycles. The summed E-state index contributed by atoms with van der Waals surface area (Å²) >= 11 is 1.77. The zero-order valence-electron chi connectivity index (χ0n) is 6.32. The van der Waals surface area contributed by atoms with Gasteiger partial charge in [0.1, 0.15) is 0 Å². The predicted molar refractivity (Wildman–Crippen MR) is 49.2 cm³/mol. The van der Waals surface area contributed by atoms with E-state index in [1.54, 1.807) is 11.8 Å². The van der Waals surface area contributed by atoms with Crippen molar-refractivity contribution in [3.05, 3.63) is 36.7 Å². The Bertz CT molecular complexity index is 331. The van der Waals surface area contributed by atoms with Crippen LogP contribution < -0.4 is 0 Å². The number of thioether (sulfide) groups is 1. The maximum atomic E-state index is 2.19. The second kappa shape index (κ2) is 2.62. The third kappa shape index (κ3) is 1.14. The van der Waals surface area contributed by atoms with Gasteiger partial charge in [0.2, 0.25) is 0 Å². The Kier molecular flexibility index (Phi) is 1.62. The standard InChI is InChI=1S/C9H9NS/c1-11-9-6-8-4-2-3-5-10(8)7-9/h2-7H,1H3. The molecule has 0 radical (unpaired) electrons. The van der Waals surface area contributed by atoms with E-state index < -0.39 is 0 Å². The van der Waals surface area contributed by atoms with Crippen LogP contribution in [0.15, 0.2) is 41.6 Å². The van der Waals surface area contributed by atoms with Crippen LogP contribution in [0.25, 0.3) is 5.52 Å². The summed E-state index contributed by atoms with van der Waals surface area (Å²) in [6, 6.07) is 8.39. The highest BCUT2D eigenvalue weighted by molar-refractivity contribution is 7.98. The summed E-state index contributed by atoms with van der Waals surface area (Å²) in [5.74, 6) is 0. The minimum absolute atomic E-state index is 1.26. The maximum absolute atomic E-state index is 2.19.